The van der Waals surface area contributed by atoms with Gasteiger partial charge in [-0.15, -0.1) is 0 Å². The van der Waals surface area contributed by atoms with Gasteiger partial charge in [0, 0.05) is 0 Å². The Labute approximate surface area is 271 Å². The van der Waals surface area contributed by atoms with E-state index in [1.165, 1.54) is 77.0 Å². The average molecular weight is 622 g/mol. The van der Waals surface area contributed by atoms with E-state index in [2.05, 4.69) is 55.6 Å². The molecule has 0 saturated heterocycles. The van der Waals surface area contributed by atoms with Crippen molar-refractivity contribution in [2.75, 3.05) is 6.61 Å². The van der Waals surface area contributed by atoms with Crippen LogP contribution in [0.25, 0.3) is 0 Å². The first-order valence-corrected chi connectivity index (χ1v) is 18.4. The monoisotopic (exact) mass is 622 g/mol. The maximum absolute atomic E-state index is 12.4. The number of hydrogen-bond acceptors (Lipinski definition) is 5. The largest absolute Gasteiger partial charge is 0.394 e. The second-order valence-corrected chi connectivity index (χ2v) is 12.5. The van der Waals surface area contributed by atoms with Crippen molar-refractivity contribution in [3.8, 4) is 0 Å². The highest BCUT2D eigenvalue weighted by Crippen LogP contribution is 2.13. The van der Waals surface area contributed by atoms with Crippen LogP contribution in [0.2, 0.25) is 0 Å². The molecule has 4 unspecified atom stereocenters. The van der Waals surface area contributed by atoms with E-state index in [0.717, 1.165) is 57.8 Å². The first-order valence-electron chi connectivity index (χ1n) is 18.4. The molecule has 0 spiro atoms. The fourth-order valence-corrected chi connectivity index (χ4v) is 5.30. The van der Waals surface area contributed by atoms with Crippen molar-refractivity contribution in [3.63, 3.8) is 0 Å². The van der Waals surface area contributed by atoms with Crippen molar-refractivity contribution in [3.05, 3.63) is 36.5 Å². The molecule has 258 valence electrons. The minimum absolute atomic E-state index is 0.352. The molecule has 0 radical (unpaired) electrons. The molecule has 44 heavy (non-hydrogen) atoms. The minimum Gasteiger partial charge on any atom is -0.394 e. The van der Waals surface area contributed by atoms with E-state index < -0.39 is 36.9 Å². The lowest BCUT2D eigenvalue weighted by Crippen LogP contribution is -2.53. The predicted octanol–water partition coefficient (Wildman–Crippen LogP) is 8.62. The summed E-state index contributed by atoms with van der Waals surface area (Å²) in [5, 5.41) is 43.3. The maximum atomic E-state index is 12.4. The van der Waals surface area contributed by atoms with Crippen LogP contribution < -0.4 is 5.32 Å². The lowest BCUT2D eigenvalue weighted by molar-refractivity contribution is -0.132. The van der Waals surface area contributed by atoms with Crippen LogP contribution >= 0.6 is 0 Å². The zero-order valence-corrected chi connectivity index (χ0v) is 28.6. The van der Waals surface area contributed by atoms with Crippen molar-refractivity contribution in [1.29, 1.82) is 0 Å². The third-order valence-electron chi connectivity index (χ3n) is 8.28. The lowest BCUT2D eigenvalue weighted by Gasteiger charge is -2.27. The van der Waals surface area contributed by atoms with Gasteiger partial charge in [0.2, 0.25) is 5.91 Å². The molecule has 6 nitrogen and oxygen atoms in total. The van der Waals surface area contributed by atoms with Crippen molar-refractivity contribution in [2.45, 2.75) is 192 Å². The molecule has 0 aromatic rings. The molecular weight excluding hydrogens is 550 g/mol. The van der Waals surface area contributed by atoms with Crippen LogP contribution in [0.4, 0.5) is 0 Å². The molecule has 5 N–H and O–H groups in total. The third kappa shape index (κ3) is 26.9. The van der Waals surface area contributed by atoms with Gasteiger partial charge in [-0.05, 0) is 70.6 Å². The summed E-state index contributed by atoms with van der Waals surface area (Å²) in [6.45, 7) is 3.93. The molecule has 0 rings (SSSR count). The summed E-state index contributed by atoms with van der Waals surface area (Å²) in [6, 6.07) is -1.01. The first kappa shape index (κ1) is 42.5. The predicted molar refractivity (Wildman–Crippen MR) is 187 cm³/mol. The van der Waals surface area contributed by atoms with Crippen molar-refractivity contribution < 1.29 is 25.2 Å². The highest BCUT2D eigenvalue weighted by atomic mass is 16.3. The summed E-state index contributed by atoms with van der Waals surface area (Å²) in [5.41, 5.74) is 0. The van der Waals surface area contributed by atoms with Gasteiger partial charge >= 0.3 is 0 Å². The first-order chi connectivity index (χ1) is 21.5. The van der Waals surface area contributed by atoms with E-state index in [1.807, 2.05) is 0 Å². The van der Waals surface area contributed by atoms with Crippen LogP contribution in [0.1, 0.15) is 168 Å². The van der Waals surface area contributed by atoms with Crippen molar-refractivity contribution >= 4 is 5.91 Å². The van der Waals surface area contributed by atoms with Crippen LogP contribution in [0.5, 0.6) is 0 Å². The van der Waals surface area contributed by atoms with Gasteiger partial charge in [0.1, 0.15) is 12.2 Å². The van der Waals surface area contributed by atoms with Crippen molar-refractivity contribution in [1.82, 2.24) is 5.32 Å². The van der Waals surface area contributed by atoms with Gasteiger partial charge in [0.25, 0.3) is 0 Å². The van der Waals surface area contributed by atoms with Gasteiger partial charge in [0.15, 0.2) is 0 Å². The van der Waals surface area contributed by atoms with Gasteiger partial charge < -0.3 is 25.7 Å². The number of carbonyl (C=O) groups is 1. The normalized spacial score (nSPS) is 15.0. The van der Waals surface area contributed by atoms with Crippen LogP contribution in [0, 0.1) is 0 Å². The summed E-state index contributed by atoms with van der Waals surface area (Å²) >= 11 is 0. The molecule has 0 saturated carbocycles. The van der Waals surface area contributed by atoms with E-state index in [-0.39, 0.29) is 0 Å². The summed E-state index contributed by atoms with van der Waals surface area (Å²) < 4.78 is 0. The van der Waals surface area contributed by atoms with E-state index in [4.69, 9.17) is 0 Å². The quantitative estimate of drug-likeness (QED) is 0.0382. The number of rotatable bonds is 32. The summed E-state index contributed by atoms with van der Waals surface area (Å²) in [7, 11) is 0. The van der Waals surface area contributed by atoms with E-state index in [0.29, 0.717) is 19.3 Å². The van der Waals surface area contributed by atoms with E-state index in [9.17, 15) is 25.2 Å². The van der Waals surface area contributed by atoms with Crippen molar-refractivity contribution in [2.24, 2.45) is 0 Å². The van der Waals surface area contributed by atoms with E-state index in [1.54, 1.807) is 0 Å². The Hall–Kier alpha value is -1.47. The van der Waals surface area contributed by atoms with Crippen LogP contribution in [-0.2, 0) is 4.79 Å². The Balaban J connectivity index is 3.85. The van der Waals surface area contributed by atoms with Crippen LogP contribution in [0.15, 0.2) is 36.5 Å². The zero-order chi connectivity index (χ0) is 32.5. The highest BCUT2D eigenvalue weighted by molar-refractivity contribution is 5.80. The fourth-order valence-electron chi connectivity index (χ4n) is 5.30. The zero-order valence-electron chi connectivity index (χ0n) is 28.6. The van der Waals surface area contributed by atoms with Gasteiger partial charge in [0.05, 0.1) is 18.8 Å². The Morgan fingerprint density at radius 1 is 0.545 bits per heavy atom. The van der Waals surface area contributed by atoms with E-state index >= 15 is 0 Å². The minimum atomic E-state index is -1.29. The number of aliphatic hydroxyl groups excluding tert-OH is 4. The highest BCUT2D eigenvalue weighted by Gasteiger charge is 2.28. The Kier molecular flexibility index (Phi) is 31.8. The number of carbonyl (C=O) groups excluding carboxylic acids is 1. The second kappa shape index (κ2) is 32.9. The molecule has 0 aromatic carbocycles. The van der Waals surface area contributed by atoms with Gasteiger partial charge in [-0.1, -0.05) is 134 Å². The molecule has 0 heterocycles. The standard InChI is InChI=1S/C38H71NO5/c1-3-5-7-9-11-13-15-16-17-18-19-20-21-22-24-26-28-30-32-36(42)38(44)39-34(33-40)37(43)35(41)31-29-27-25-23-14-12-10-8-6-4-2/h8,10,18-19,23,25,34-37,40-43H,3-7,9,11-17,20-22,24,26-33H2,1-2H3,(H,39,44)/b10-8+,19-18-,25-23+. The molecule has 0 aliphatic heterocycles. The molecule has 0 bridgehead atoms. The topological polar surface area (TPSA) is 110 Å². The van der Waals surface area contributed by atoms with Crippen LogP contribution in [-0.4, -0.2) is 57.3 Å². The molecule has 0 aliphatic rings. The second-order valence-electron chi connectivity index (χ2n) is 12.5. The Morgan fingerprint density at radius 3 is 1.52 bits per heavy atom. The molecule has 6 heteroatoms. The number of nitrogens with one attached hydrogen (secondary N) is 1. The maximum Gasteiger partial charge on any atom is 0.249 e. The SMILES string of the molecule is CCC/C=C/CC/C=C/CCCC(O)C(O)C(CO)NC(=O)C(O)CCCCCCCC/C=C\CCCCCCCCCC. The molecular formula is C38H71NO5. The Bertz CT molecular complexity index is 707. The summed E-state index contributed by atoms with van der Waals surface area (Å²) in [4.78, 5) is 12.4. The number of unbranched alkanes of at least 4 members (excludes halogenated alkanes) is 17. The van der Waals surface area contributed by atoms with Gasteiger partial charge in [-0.25, -0.2) is 0 Å². The number of aliphatic hydroxyl groups is 4. The fraction of sp³-hybridized carbons (Fsp3) is 0.816. The molecule has 0 aromatic heterocycles. The van der Waals surface area contributed by atoms with Crippen LogP contribution in [0.3, 0.4) is 0 Å². The van der Waals surface area contributed by atoms with Gasteiger partial charge in [-0.2, -0.15) is 0 Å². The number of allylic oxidation sites excluding steroid dienone is 6. The van der Waals surface area contributed by atoms with Gasteiger partial charge in [-0.3, -0.25) is 4.79 Å². The molecule has 0 fully saturated rings. The average Bonchev–Trinajstić information content (AvgIpc) is 3.03. The number of amides is 1. The summed E-state index contributed by atoms with van der Waals surface area (Å²) in [6.07, 6.45) is 36.0. The number of hydrogen-bond donors (Lipinski definition) is 5. The summed E-state index contributed by atoms with van der Waals surface area (Å²) in [5.74, 6) is -0.606. The molecule has 4 atom stereocenters. The Morgan fingerprint density at radius 2 is 1.00 bits per heavy atom. The molecule has 1 amide bonds. The molecule has 0 aliphatic carbocycles. The smallest absolute Gasteiger partial charge is 0.249 e. The lowest BCUT2D eigenvalue weighted by atomic mass is 10.00. The third-order valence-corrected chi connectivity index (χ3v) is 8.28.